The fourth-order valence-corrected chi connectivity index (χ4v) is 5.03. The fourth-order valence-electron chi connectivity index (χ4n) is 4.67. The van der Waals surface area contributed by atoms with E-state index in [-0.39, 0.29) is 5.91 Å². The average Bonchev–Trinajstić information content (AvgIpc) is 3.22. The van der Waals surface area contributed by atoms with Crippen molar-refractivity contribution in [1.82, 2.24) is 14.9 Å². The monoisotopic (exact) mass is 492 g/mol. The summed E-state index contributed by atoms with van der Waals surface area (Å²) in [7, 11) is 0. The summed E-state index contributed by atoms with van der Waals surface area (Å²) >= 11 is 12.4. The molecule has 0 spiro atoms. The molecule has 2 aromatic carbocycles. The van der Waals surface area contributed by atoms with Crippen molar-refractivity contribution in [2.75, 3.05) is 31.1 Å². The Morgan fingerprint density at radius 1 is 0.941 bits per heavy atom. The predicted octanol–water partition coefficient (Wildman–Crippen LogP) is 6.21. The largest absolute Gasteiger partial charge is 0.368 e. The molecule has 5 rings (SSSR count). The number of aromatic nitrogens is 2. The van der Waals surface area contributed by atoms with Crippen LogP contribution in [0.4, 0.5) is 5.69 Å². The molecule has 0 unspecified atom stereocenters. The lowest BCUT2D eigenvalue weighted by Gasteiger charge is -2.36. The maximum absolute atomic E-state index is 12.9. The molecule has 5 nitrogen and oxygen atoms in total. The quantitative estimate of drug-likeness (QED) is 0.348. The zero-order valence-electron chi connectivity index (χ0n) is 18.8. The van der Waals surface area contributed by atoms with Crippen molar-refractivity contribution in [2.45, 2.75) is 19.3 Å². The first-order chi connectivity index (χ1) is 16.6. The number of anilines is 1. The van der Waals surface area contributed by atoms with Crippen LogP contribution in [0.15, 0.2) is 66.9 Å². The average molecular weight is 493 g/mol. The van der Waals surface area contributed by atoms with Crippen LogP contribution in [0.2, 0.25) is 10.0 Å². The second-order valence-electron chi connectivity index (χ2n) is 8.58. The Morgan fingerprint density at radius 2 is 1.76 bits per heavy atom. The van der Waals surface area contributed by atoms with Crippen molar-refractivity contribution >= 4 is 45.7 Å². The third-order valence-electron chi connectivity index (χ3n) is 6.41. The highest BCUT2D eigenvalue weighted by Crippen LogP contribution is 2.32. The van der Waals surface area contributed by atoms with Gasteiger partial charge < -0.3 is 14.8 Å². The van der Waals surface area contributed by atoms with E-state index in [2.05, 4.69) is 20.9 Å². The van der Waals surface area contributed by atoms with Crippen LogP contribution in [0.1, 0.15) is 18.4 Å². The number of fused-ring (bicyclic) bond motifs is 1. The van der Waals surface area contributed by atoms with Crippen molar-refractivity contribution in [3.63, 3.8) is 0 Å². The molecule has 1 fully saturated rings. The van der Waals surface area contributed by atoms with E-state index < -0.39 is 0 Å². The molecule has 1 saturated heterocycles. The van der Waals surface area contributed by atoms with Crippen molar-refractivity contribution in [3.05, 3.63) is 82.5 Å². The Hall–Kier alpha value is -3.02. The number of H-pyrrole nitrogens is 1. The molecule has 174 valence electrons. The zero-order valence-corrected chi connectivity index (χ0v) is 20.3. The van der Waals surface area contributed by atoms with Crippen LogP contribution in [-0.4, -0.2) is 47.0 Å². The number of nitrogens with zero attached hydrogens (tertiary/aromatic N) is 3. The summed E-state index contributed by atoms with van der Waals surface area (Å²) < 4.78 is 0. The van der Waals surface area contributed by atoms with Crippen molar-refractivity contribution in [1.29, 1.82) is 0 Å². The number of amides is 1. The highest BCUT2D eigenvalue weighted by atomic mass is 35.5. The van der Waals surface area contributed by atoms with Gasteiger partial charge in [0.15, 0.2) is 0 Å². The van der Waals surface area contributed by atoms with Gasteiger partial charge in [-0.1, -0.05) is 35.3 Å². The maximum atomic E-state index is 12.9. The van der Waals surface area contributed by atoms with E-state index in [1.807, 2.05) is 59.5 Å². The van der Waals surface area contributed by atoms with Gasteiger partial charge in [0.25, 0.3) is 0 Å². The van der Waals surface area contributed by atoms with E-state index >= 15 is 0 Å². The van der Waals surface area contributed by atoms with Gasteiger partial charge in [0.2, 0.25) is 5.91 Å². The minimum Gasteiger partial charge on any atom is -0.368 e. The van der Waals surface area contributed by atoms with Crippen LogP contribution in [0.25, 0.3) is 22.3 Å². The second kappa shape index (κ2) is 10.1. The molecule has 3 heterocycles. The number of hydrogen-bond acceptors (Lipinski definition) is 3. The molecular formula is C27H26Cl2N4O. The fraction of sp³-hybridized carbons (Fsp3) is 0.259. The number of carbonyl (C=O) groups is 1. The lowest BCUT2D eigenvalue weighted by atomic mass is 10.0. The molecule has 1 aliphatic rings. The highest BCUT2D eigenvalue weighted by molar-refractivity contribution is 6.31. The van der Waals surface area contributed by atoms with E-state index in [1.165, 1.54) is 0 Å². The van der Waals surface area contributed by atoms with Gasteiger partial charge in [-0.15, -0.1) is 0 Å². The van der Waals surface area contributed by atoms with E-state index in [0.717, 1.165) is 77.6 Å². The number of benzene rings is 2. The molecule has 1 aliphatic heterocycles. The van der Waals surface area contributed by atoms with Crippen molar-refractivity contribution in [3.8, 4) is 11.4 Å². The van der Waals surface area contributed by atoms with Crippen LogP contribution in [0, 0.1) is 0 Å². The third kappa shape index (κ3) is 4.91. The Kier molecular flexibility index (Phi) is 6.75. The third-order valence-corrected chi connectivity index (χ3v) is 6.88. The van der Waals surface area contributed by atoms with Gasteiger partial charge in [-0.25, -0.2) is 0 Å². The number of aryl methyl sites for hydroxylation is 1. The maximum Gasteiger partial charge on any atom is 0.222 e. The summed E-state index contributed by atoms with van der Waals surface area (Å²) in [6.07, 6.45) is 3.86. The van der Waals surface area contributed by atoms with Crippen LogP contribution in [-0.2, 0) is 11.2 Å². The summed E-state index contributed by atoms with van der Waals surface area (Å²) in [4.78, 5) is 25.2. The molecule has 0 bridgehead atoms. The lowest BCUT2D eigenvalue weighted by Crippen LogP contribution is -2.48. The van der Waals surface area contributed by atoms with E-state index in [1.54, 1.807) is 6.20 Å². The first-order valence-electron chi connectivity index (χ1n) is 11.6. The Bertz CT molecular complexity index is 1300. The number of pyridine rings is 1. The zero-order chi connectivity index (χ0) is 23.5. The molecule has 2 aromatic heterocycles. The van der Waals surface area contributed by atoms with E-state index in [9.17, 15) is 4.79 Å². The van der Waals surface area contributed by atoms with Crippen molar-refractivity contribution < 1.29 is 4.79 Å². The molecule has 0 radical (unpaired) electrons. The summed E-state index contributed by atoms with van der Waals surface area (Å²) in [5.41, 5.74) is 5.20. The van der Waals surface area contributed by atoms with Gasteiger partial charge in [0.1, 0.15) is 0 Å². The molecule has 0 atom stereocenters. The SMILES string of the molecule is O=C(CCCc1c(-c2ccccn2)[nH]c2ccc(Cl)cc12)N1CCN(c2cccc(Cl)c2)CC1. The molecule has 1 amide bonds. The first kappa shape index (κ1) is 22.8. The van der Waals surface area contributed by atoms with E-state index in [0.29, 0.717) is 11.4 Å². The summed E-state index contributed by atoms with van der Waals surface area (Å²) in [6, 6.07) is 19.7. The van der Waals surface area contributed by atoms with Crippen molar-refractivity contribution in [2.24, 2.45) is 0 Å². The first-order valence-corrected chi connectivity index (χ1v) is 12.3. The van der Waals surface area contributed by atoms with Gasteiger partial charge in [0.05, 0.1) is 11.4 Å². The molecule has 34 heavy (non-hydrogen) atoms. The second-order valence-corrected chi connectivity index (χ2v) is 9.46. The Balaban J connectivity index is 1.23. The standard InChI is InChI=1S/C27H26Cl2N4O/c28-19-5-3-6-21(17-19)32-13-15-33(16-14-32)26(34)9-4-7-22-23-18-20(29)10-11-24(23)31-27(22)25-8-1-2-12-30-25/h1-3,5-6,8,10-12,17-18,31H,4,7,9,13-16H2. The number of nitrogens with one attached hydrogen (secondary N) is 1. The molecule has 4 aromatic rings. The number of hydrogen-bond donors (Lipinski definition) is 1. The number of aromatic amines is 1. The van der Waals surface area contributed by atoms with Crippen LogP contribution >= 0.6 is 23.2 Å². The predicted molar refractivity (Wildman–Crippen MR) is 140 cm³/mol. The van der Waals surface area contributed by atoms with Gasteiger partial charge in [-0.3, -0.25) is 9.78 Å². The normalized spacial score (nSPS) is 14.1. The highest BCUT2D eigenvalue weighted by Gasteiger charge is 2.22. The topological polar surface area (TPSA) is 52.2 Å². The molecule has 0 aliphatic carbocycles. The van der Waals surface area contributed by atoms with E-state index in [4.69, 9.17) is 23.2 Å². The molecule has 0 saturated carbocycles. The smallest absolute Gasteiger partial charge is 0.222 e. The lowest BCUT2D eigenvalue weighted by molar-refractivity contribution is -0.131. The van der Waals surface area contributed by atoms with Gasteiger partial charge in [-0.2, -0.15) is 0 Å². The molecule has 1 N–H and O–H groups in total. The van der Waals surface area contributed by atoms with Crippen LogP contribution in [0.5, 0.6) is 0 Å². The number of rotatable bonds is 6. The minimum absolute atomic E-state index is 0.211. The van der Waals surface area contributed by atoms with Crippen LogP contribution in [0.3, 0.4) is 0 Å². The number of halogens is 2. The van der Waals surface area contributed by atoms with Gasteiger partial charge in [0, 0.05) is 65.4 Å². The molecule has 7 heteroatoms. The number of carbonyl (C=O) groups excluding carboxylic acids is 1. The minimum atomic E-state index is 0.211. The Morgan fingerprint density at radius 3 is 2.53 bits per heavy atom. The van der Waals surface area contributed by atoms with Crippen LogP contribution < -0.4 is 4.90 Å². The van der Waals surface area contributed by atoms with Gasteiger partial charge in [-0.05, 0) is 66.9 Å². The Labute approximate surface area is 209 Å². The summed E-state index contributed by atoms with van der Waals surface area (Å²) in [5.74, 6) is 0.211. The molecular weight excluding hydrogens is 467 g/mol. The summed E-state index contributed by atoms with van der Waals surface area (Å²) in [6.45, 7) is 3.09. The summed E-state index contributed by atoms with van der Waals surface area (Å²) in [5, 5.41) is 2.53. The van der Waals surface area contributed by atoms with Gasteiger partial charge >= 0.3 is 0 Å². The number of piperazine rings is 1.